The van der Waals surface area contributed by atoms with E-state index in [9.17, 15) is 8.42 Å². The van der Waals surface area contributed by atoms with E-state index in [1.807, 2.05) is 0 Å². The number of nitrogen functional groups attached to an aromatic ring is 1. The molecule has 0 radical (unpaired) electrons. The molecular weight excluding hydrogens is 224 g/mol. The van der Waals surface area contributed by atoms with Crippen LogP contribution in [0, 0.1) is 0 Å². The first-order chi connectivity index (χ1) is 7.53. The molecule has 0 saturated heterocycles. The fourth-order valence-corrected chi connectivity index (χ4v) is 2.36. The van der Waals surface area contributed by atoms with Gasteiger partial charge in [0.15, 0.2) is 0 Å². The first-order valence-electron chi connectivity index (χ1n) is 4.96. The quantitative estimate of drug-likeness (QED) is 0.447. The number of hydrogen-bond acceptors (Lipinski definition) is 3. The summed E-state index contributed by atoms with van der Waals surface area (Å²) in [6.45, 7) is 3.91. The summed E-state index contributed by atoms with van der Waals surface area (Å²) in [6.07, 6.45) is 2.30. The highest BCUT2D eigenvalue weighted by Crippen LogP contribution is 2.08. The van der Waals surface area contributed by atoms with Gasteiger partial charge in [0.25, 0.3) is 0 Å². The third-order valence-corrected chi connectivity index (χ3v) is 3.36. The Balaban J connectivity index is 2.58. The predicted molar refractivity (Wildman–Crippen MR) is 66.3 cm³/mol. The molecule has 0 bridgehead atoms. The van der Waals surface area contributed by atoms with Crippen molar-refractivity contribution in [3.05, 3.63) is 42.5 Å². The van der Waals surface area contributed by atoms with Crippen LogP contribution in [0.15, 0.2) is 36.9 Å². The molecule has 88 valence electrons. The van der Waals surface area contributed by atoms with Gasteiger partial charge in [0, 0.05) is 12.2 Å². The Bertz CT molecular complexity index is 438. The smallest absolute Gasteiger partial charge is 0.215 e. The molecule has 0 aromatic heterocycles. The van der Waals surface area contributed by atoms with Crippen LogP contribution in [-0.2, 0) is 15.8 Å². The maximum Gasteiger partial charge on any atom is 0.215 e. The Labute approximate surface area is 96.2 Å². The molecule has 3 N–H and O–H groups in total. The van der Waals surface area contributed by atoms with Gasteiger partial charge in [-0.2, -0.15) is 0 Å². The van der Waals surface area contributed by atoms with E-state index < -0.39 is 10.0 Å². The molecular formula is C11H16N2O2S. The van der Waals surface area contributed by atoms with Crippen LogP contribution in [0.25, 0.3) is 0 Å². The number of hydrogen-bond donors (Lipinski definition) is 2. The number of nitrogens with one attached hydrogen (secondary N) is 1. The topological polar surface area (TPSA) is 72.2 Å². The van der Waals surface area contributed by atoms with Crippen molar-refractivity contribution < 1.29 is 8.42 Å². The van der Waals surface area contributed by atoms with Gasteiger partial charge in [-0.25, -0.2) is 13.1 Å². The van der Waals surface area contributed by atoms with Gasteiger partial charge in [-0.1, -0.05) is 18.2 Å². The van der Waals surface area contributed by atoms with E-state index in [1.54, 1.807) is 30.3 Å². The number of rotatable bonds is 6. The number of anilines is 1. The van der Waals surface area contributed by atoms with E-state index in [0.717, 1.165) is 5.56 Å². The molecule has 0 unspecified atom stereocenters. The Kier molecular flexibility index (Phi) is 4.52. The Morgan fingerprint density at radius 2 is 1.94 bits per heavy atom. The van der Waals surface area contributed by atoms with Crippen molar-refractivity contribution in [3.8, 4) is 0 Å². The van der Waals surface area contributed by atoms with E-state index in [2.05, 4.69) is 11.3 Å². The lowest BCUT2D eigenvalue weighted by Gasteiger charge is -2.05. The second-order valence-corrected chi connectivity index (χ2v) is 5.28. The third-order valence-electron chi connectivity index (χ3n) is 2.01. The molecule has 0 fully saturated rings. The van der Waals surface area contributed by atoms with E-state index in [1.165, 1.54) is 0 Å². The van der Waals surface area contributed by atoms with Crippen LogP contribution in [-0.4, -0.2) is 15.0 Å². The van der Waals surface area contributed by atoms with Crippen molar-refractivity contribution >= 4 is 15.7 Å². The van der Waals surface area contributed by atoms with Gasteiger partial charge < -0.3 is 5.73 Å². The average molecular weight is 240 g/mol. The summed E-state index contributed by atoms with van der Waals surface area (Å²) in [5.74, 6) is -0.0234. The van der Waals surface area contributed by atoms with Gasteiger partial charge in [-0.15, -0.1) is 6.58 Å². The molecule has 0 amide bonds. The fraction of sp³-hybridized carbons (Fsp3) is 0.273. The van der Waals surface area contributed by atoms with Crippen molar-refractivity contribution in [2.24, 2.45) is 0 Å². The van der Waals surface area contributed by atoms with Gasteiger partial charge in [-0.3, -0.25) is 0 Å². The van der Waals surface area contributed by atoms with Gasteiger partial charge in [-0.05, 0) is 24.1 Å². The Morgan fingerprint density at radius 1 is 1.31 bits per heavy atom. The van der Waals surface area contributed by atoms with Crippen molar-refractivity contribution in [3.63, 3.8) is 0 Å². The molecule has 1 aromatic rings. The molecule has 0 spiro atoms. The molecule has 0 heterocycles. The Morgan fingerprint density at radius 3 is 2.50 bits per heavy atom. The summed E-state index contributed by atoms with van der Waals surface area (Å²) in [7, 11) is -3.26. The number of sulfonamides is 1. The van der Waals surface area contributed by atoms with Crippen LogP contribution in [0.4, 0.5) is 5.69 Å². The van der Waals surface area contributed by atoms with Crippen molar-refractivity contribution in [2.45, 2.75) is 12.2 Å². The maximum atomic E-state index is 11.6. The molecule has 0 aliphatic heterocycles. The summed E-state index contributed by atoms with van der Waals surface area (Å²) in [6, 6.07) is 6.80. The van der Waals surface area contributed by atoms with E-state index >= 15 is 0 Å². The summed E-state index contributed by atoms with van der Waals surface area (Å²) < 4.78 is 25.7. The minimum atomic E-state index is -3.26. The zero-order valence-corrected chi connectivity index (χ0v) is 9.83. The summed E-state index contributed by atoms with van der Waals surface area (Å²) in [4.78, 5) is 0. The predicted octanol–water partition coefficient (Wildman–Crippen LogP) is 1.26. The number of benzene rings is 1. The molecule has 5 heteroatoms. The van der Waals surface area contributed by atoms with Crippen LogP contribution in [0.5, 0.6) is 0 Å². The highest BCUT2D eigenvalue weighted by molar-refractivity contribution is 7.88. The molecule has 0 atom stereocenters. The molecule has 0 aliphatic carbocycles. The van der Waals surface area contributed by atoms with Crippen molar-refractivity contribution in [2.75, 3.05) is 12.3 Å². The monoisotopic (exact) mass is 240 g/mol. The molecule has 1 aromatic carbocycles. The van der Waals surface area contributed by atoms with Crippen LogP contribution in [0.3, 0.4) is 0 Å². The maximum absolute atomic E-state index is 11.6. The lowest BCUT2D eigenvalue weighted by Crippen LogP contribution is -2.25. The van der Waals surface area contributed by atoms with Gasteiger partial charge in [0.05, 0.1) is 5.75 Å². The van der Waals surface area contributed by atoms with E-state index in [4.69, 9.17) is 5.73 Å². The lowest BCUT2D eigenvalue weighted by molar-refractivity contribution is 0.581. The van der Waals surface area contributed by atoms with Gasteiger partial charge >= 0.3 is 0 Å². The van der Waals surface area contributed by atoms with E-state index in [-0.39, 0.29) is 5.75 Å². The zero-order chi connectivity index (χ0) is 12.0. The van der Waals surface area contributed by atoms with Crippen LogP contribution >= 0.6 is 0 Å². The first kappa shape index (κ1) is 12.7. The van der Waals surface area contributed by atoms with Gasteiger partial charge in [0.2, 0.25) is 10.0 Å². The largest absolute Gasteiger partial charge is 0.399 e. The second kappa shape index (κ2) is 5.67. The average Bonchev–Trinajstić information content (AvgIpc) is 2.21. The minimum absolute atomic E-state index is 0.0234. The van der Waals surface area contributed by atoms with E-state index in [0.29, 0.717) is 18.7 Å². The summed E-state index contributed by atoms with van der Waals surface area (Å²) in [5, 5.41) is 0. The highest BCUT2D eigenvalue weighted by atomic mass is 32.2. The molecule has 0 saturated carbocycles. The summed E-state index contributed by atoms with van der Waals surface area (Å²) >= 11 is 0. The van der Waals surface area contributed by atoms with Crippen molar-refractivity contribution in [1.29, 1.82) is 0 Å². The lowest BCUT2D eigenvalue weighted by atomic mass is 10.2. The highest BCUT2D eigenvalue weighted by Gasteiger charge is 2.09. The molecule has 4 nitrogen and oxygen atoms in total. The first-order valence-corrected chi connectivity index (χ1v) is 6.61. The molecule has 0 aliphatic rings. The van der Waals surface area contributed by atoms with Crippen LogP contribution < -0.4 is 10.5 Å². The third kappa shape index (κ3) is 4.46. The zero-order valence-electron chi connectivity index (χ0n) is 9.02. The fourth-order valence-electron chi connectivity index (χ4n) is 1.20. The summed E-state index contributed by atoms with van der Waals surface area (Å²) in [5.41, 5.74) is 6.86. The normalized spacial score (nSPS) is 11.2. The van der Waals surface area contributed by atoms with Crippen LogP contribution in [0.2, 0.25) is 0 Å². The minimum Gasteiger partial charge on any atom is -0.399 e. The van der Waals surface area contributed by atoms with Gasteiger partial charge in [0.1, 0.15) is 0 Å². The molecule has 1 rings (SSSR count). The SMILES string of the molecule is C=CCCNS(=O)(=O)Cc1ccc(N)cc1. The molecule has 16 heavy (non-hydrogen) atoms. The van der Waals surface area contributed by atoms with Crippen molar-refractivity contribution in [1.82, 2.24) is 4.72 Å². The number of nitrogens with two attached hydrogens (primary N) is 1. The Hall–Kier alpha value is -1.33. The second-order valence-electron chi connectivity index (χ2n) is 3.47. The standard InChI is InChI=1S/C11H16N2O2S/c1-2-3-8-13-16(14,15)9-10-4-6-11(12)7-5-10/h2,4-7,13H,1,3,8-9,12H2. The van der Waals surface area contributed by atoms with Crippen LogP contribution in [0.1, 0.15) is 12.0 Å².